The SMILES string of the molecule is O=C(Cc1ccc(Cl)c(C(F)(F)F)c1)Cc1cc(Cc2ncccc2-c2ncnc3c2N=CC3)ccc1F. The van der Waals surface area contributed by atoms with Gasteiger partial charge < -0.3 is 0 Å². The third-order valence-electron chi connectivity index (χ3n) is 6.16. The van der Waals surface area contributed by atoms with E-state index in [0.717, 1.165) is 23.4 Å². The van der Waals surface area contributed by atoms with E-state index in [1.165, 1.54) is 18.5 Å². The van der Waals surface area contributed by atoms with Crippen molar-refractivity contribution in [3.05, 3.63) is 106 Å². The van der Waals surface area contributed by atoms with Gasteiger partial charge in [0.25, 0.3) is 0 Å². The van der Waals surface area contributed by atoms with Crippen LogP contribution in [0.25, 0.3) is 11.3 Å². The molecule has 0 fully saturated rings. The number of carbonyl (C=O) groups is 1. The van der Waals surface area contributed by atoms with Crippen molar-refractivity contribution in [3.63, 3.8) is 0 Å². The van der Waals surface area contributed by atoms with Crippen LogP contribution >= 0.6 is 11.6 Å². The number of fused-ring (bicyclic) bond motifs is 1. The Morgan fingerprint density at radius 1 is 0.974 bits per heavy atom. The van der Waals surface area contributed by atoms with Crippen molar-refractivity contribution < 1.29 is 22.4 Å². The quantitative estimate of drug-likeness (QED) is 0.250. The van der Waals surface area contributed by atoms with Crippen LogP contribution in [0, 0.1) is 5.82 Å². The number of carbonyl (C=O) groups excluding carboxylic acids is 1. The predicted octanol–water partition coefficient (Wildman–Crippen LogP) is 6.55. The third kappa shape index (κ3) is 5.47. The molecule has 0 radical (unpaired) electrons. The van der Waals surface area contributed by atoms with Crippen molar-refractivity contribution in [2.45, 2.75) is 31.9 Å². The van der Waals surface area contributed by atoms with E-state index < -0.39 is 28.4 Å². The molecule has 0 amide bonds. The lowest BCUT2D eigenvalue weighted by atomic mass is 9.97. The summed E-state index contributed by atoms with van der Waals surface area (Å²) in [6.45, 7) is 0. The summed E-state index contributed by atoms with van der Waals surface area (Å²) in [7, 11) is 0. The molecule has 0 saturated carbocycles. The van der Waals surface area contributed by atoms with Gasteiger partial charge in [0.2, 0.25) is 0 Å². The standard InChI is InChI=1S/C28H19ClF4N4O/c29-22-5-3-17(12-21(22)28(31,32)33)11-19(38)14-18-10-16(4-6-23(18)30)13-25-20(2-1-8-34-25)26-27-24(7-9-35-27)36-15-37-26/h1-6,8-10,12,15H,7,11,13-14H2. The van der Waals surface area contributed by atoms with E-state index in [2.05, 4.69) is 19.9 Å². The minimum absolute atomic E-state index is 0.154. The molecule has 1 aliphatic rings. The van der Waals surface area contributed by atoms with E-state index in [1.807, 2.05) is 6.07 Å². The zero-order valence-corrected chi connectivity index (χ0v) is 20.5. The van der Waals surface area contributed by atoms with E-state index in [9.17, 15) is 22.4 Å². The van der Waals surface area contributed by atoms with Gasteiger partial charge in [-0.3, -0.25) is 14.8 Å². The maximum Gasteiger partial charge on any atom is 0.417 e. The van der Waals surface area contributed by atoms with Crippen molar-refractivity contribution in [2.24, 2.45) is 4.99 Å². The number of pyridine rings is 1. The summed E-state index contributed by atoms with van der Waals surface area (Å²) in [4.78, 5) is 30.3. The minimum Gasteiger partial charge on any atom is -0.299 e. The Labute approximate surface area is 220 Å². The number of alkyl halides is 3. The summed E-state index contributed by atoms with van der Waals surface area (Å²) >= 11 is 5.66. The monoisotopic (exact) mass is 538 g/mol. The molecule has 192 valence electrons. The van der Waals surface area contributed by atoms with E-state index in [4.69, 9.17) is 11.6 Å². The molecule has 0 bridgehead atoms. The number of benzene rings is 2. The molecule has 0 saturated heterocycles. The lowest BCUT2D eigenvalue weighted by Gasteiger charge is -2.12. The van der Waals surface area contributed by atoms with Crippen LogP contribution in [0.15, 0.2) is 66.0 Å². The van der Waals surface area contributed by atoms with Gasteiger partial charge in [-0.1, -0.05) is 29.8 Å². The van der Waals surface area contributed by atoms with E-state index >= 15 is 0 Å². The number of aliphatic imine (C=N–C) groups is 1. The topological polar surface area (TPSA) is 68.1 Å². The van der Waals surface area contributed by atoms with Gasteiger partial charge in [0.15, 0.2) is 0 Å². The number of halogens is 5. The van der Waals surface area contributed by atoms with Crippen molar-refractivity contribution in [3.8, 4) is 11.3 Å². The molecular formula is C28H19ClF4N4O. The van der Waals surface area contributed by atoms with Gasteiger partial charge in [-0.2, -0.15) is 13.2 Å². The van der Waals surface area contributed by atoms with Gasteiger partial charge in [0.1, 0.15) is 29.3 Å². The number of ketones is 1. The molecule has 0 atom stereocenters. The van der Waals surface area contributed by atoms with Crippen LogP contribution in [0.5, 0.6) is 0 Å². The zero-order chi connectivity index (χ0) is 26.9. The van der Waals surface area contributed by atoms with Gasteiger partial charge in [0, 0.05) is 43.7 Å². The first kappa shape index (κ1) is 25.7. The summed E-state index contributed by atoms with van der Waals surface area (Å²) in [5.74, 6) is -0.997. The van der Waals surface area contributed by atoms with Crippen molar-refractivity contribution in [1.82, 2.24) is 15.0 Å². The van der Waals surface area contributed by atoms with Crippen LogP contribution in [-0.4, -0.2) is 26.9 Å². The first-order valence-corrected chi connectivity index (χ1v) is 12.0. The average Bonchev–Trinajstić information content (AvgIpc) is 3.36. The highest BCUT2D eigenvalue weighted by Crippen LogP contribution is 2.36. The molecule has 0 unspecified atom stereocenters. The first-order valence-electron chi connectivity index (χ1n) is 11.6. The highest BCUT2D eigenvalue weighted by Gasteiger charge is 2.33. The molecule has 2 aromatic carbocycles. The highest BCUT2D eigenvalue weighted by molar-refractivity contribution is 6.31. The fourth-order valence-corrected chi connectivity index (χ4v) is 4.61. The summed E-state index contributed by atoms with van der Waals surface area (Å²) < 4.78 is 54.1. The molecule has 3 heterocycles. The molecule has 0 N–H and O–H groups in total. The molecule has 0 aliphatic carbocycles. The Morgan fingerprint density at radius 3 is 2.61 bits per heavy atom. The molecule has 5 rings (SSSR count). The smallest absolute Gasteiger partial charge is 0.299 e. The van der Waals surface area contributed by atoms with Crippen molar-refractivity contribution in [1.29, 1.82) is 0 Å². The highest BCUT2D eigenvalue weighted by atomic mass is 35.5. The van der Waals surface area contributed by atoms with E-state index in [-0.39, 0.29) is 24.0 Å². The second kappa shape index (κ2) is 10.4. The number of rotatable bonds is 7. The van der Waals surface area contributed by atoms with E-state index in [1.54, 1.807) is 30.6 Å². The second-order valence-electron chi connectivity index (χ2n) is 8.84. The second-order valence-corrected chi connectivity index (χ2v) is 9.24. The molecular weight excluding hydrogens is 520 g/mol. The lowest BCUT2D eigenvalue weighted by Crippen LogP contribution is -2.11. The molecule has 38 heavy (non-hydrogen) atoms. The molecule has 5 nitrogen and oxygen atoms in total. The first-order chi connectivity index (χ1) is 18.2. The fourth-order valence-electron chi connectivity index (χ4n) is 4.38. The normalized spacial score (nSPS) is 12.6. The van der Waals surface area contributed by atoms with Crippen LogP contribution in [0.2, 0.25) is 5.02 Å². The van der Waals surface area contributed by atoms with Gasteiger partial charge in [-0.05, 0) is 47.0 Å². The maximum absolute atomic E-state index is 14.6. The Morgan fingerprint density at radius 2 is 1.79 bits per heavy atom. The maximum atomic E-state index is 14.6. The van der Waals surface area contributed by atoms with Crippen LogP contribution in [-0.2, 0) is 36.7 Å². The molecule has 0 spiro atoms. The predicted molar refractivity (Wildman–Crippen MR) is 135 cm³/mol. The summed E-state index contributed by atoms with van der Waals surface area (Å²) in [6, 6.07) is 11.5. The van der Waals surface area contributed by atoms with Gasteiger partial charge >= 0.3 is 6.18 Å². The third-order valence-corrected chi connectivity index (χ3v) is 6.48. The lowest BCUT2D eigenvalue weighted by molar-refractivity contribution is -0.137. The molecule has 1 aliphatic heterocycles. The van der Waals surface area contributed by atoms with Crippen LogP contribution in [0.4, 0.5) is 23.2 Å². The minimum atomic E-state index is -4.64. The van der Waals surface area contributed by atoms with E-state index in [0.29, 0.717) is 35.5 Å². The molecule has 2 aromatic heterocycles. The van der Waals surface area contributed by atoms with Crippen LogP contribution in [0.3, 0.4) is 0 Å². The Balaban J connectivity index is 1.36. The van der Waals surface area contributed by atoms with Gasteiger partial charge in [0.05, 0.1) is 22.0 Å². The number of Topliss-reactive ketones (excluding diaryl/α,β-unsaturated/α-hetero) is 1. The molecule has 4 aromatic rings. The van der Waals surface area contributed by atoms with Crippen LogP contribution in [0.1, 0.15) is 33.6 Å². The average molecular weight is 539 g/mol. The summed E-state index contributed by atoms with van der Waals surface area (Å²) in [6.07, 6.45) is 0.684. The summed E-state index contributed by atoms with van der Waals surface area (Å²) in [5.41, 5.74) is 3.67. The van der Waals surface area contributed by atoms with Gasteiger partial charge in [-0.25, -0.2) is 14.4 Å². The van der Waals surface area contributed by atoms with Gasteiger partial charge in [-0.15, -0.1) is 0 Å². The van der Waals surface area contributed by atoms with Crippen LogP contribution < -0.4 is 0 Å². The molecule has 10 heteroatoms. The Kier molecular flexibility index (Phi) is 7.03. The fraction of sp³-hybridized carbons (Fsp3) is 0.179. The Hall–Kier alpha value is -3.98. The zero-order valence-electron chi connectivity index (χ0n) is 19.8. The number of hydrogen-bond donors (Lipinski definition) is 0. The summed E-state index contributed by atoms with van der Waals surface area (Å²) in [5, 5.41) is -0.444. The largest absolute Gasteiger partial charge is 0.417 e. The number of hydrogen-bond acceptors (Lipinski definition) is 5. The number of nitrogens with zero attached hydrogens (tertiary/aromatic N) is 4. The van der Waals surface area contributed by atoms with Crippen molar-refractivity contribution >= 4 is 29.3 Å². The van der Waals surface area contributed by atoms with Crippen molar-refractivity contribution in [2.75, 3.05) is 0 Å². The Bertz CT molecular complexity index is 1570. The number of aromatic nitrogens is 3.